The van der Waals surface area contributed by atoms with Crippen molar-refractivity contribution < 1.29 is 4.57 Å². The Morgan fingerprint density at radius 3 is 2.38 bits per heavy atom. The van der Waals surface area contributed by atoms with Crippen molar-refractivity contribution in [3.05, 3.63) is 42.7 Å². The quantitative estimate of drug-likeness (QED) is 0.578. The SMILES string of the molecule is Cn1cc[n+](C)c1-c1ccccc1. The van der Waals surface area contributed by atoms with Crippen LogP contribution in [0.1, 0.15) is 0 Å². The number of aromatic nitrogens is 2. The lowest BCUT2D eigenvalue weighted by Gasteiger charge is -1.97. The third kappa shape index (κ3) is 1.35. The molecule has 0 atom stereocenters. The molecule has 1 heterocycles. The van der Waals surface area contributed by atoms with Crippen molar-refractivity contribution in [3.63, 3.8) is 0 Å². The van der Waals surface area contributed by atoms with E-state index in [1.165, 1.54) is 11.4 Å². The summed E-state index contributed by atoms with van der Waals surface area (Å²) in [6.07, 6.45) is 4.12. The molecule has 1 aromatic carbocycles. The minimum absolute atomic E-state index is 1.22. The molecule has 0 aliphatic rings. The second-order valence-electron chi connectivity index (χ2n) is 3.21. The number of benzene rings is 1. The summed E-state index contributed by atoms with van der Waals surface area (Å²) in [6.45, 7) is 0. The smallest absolute Gasteiger partial charge is 0.233 e. The van der Waals surface area contributed by atoms with Crippen molar-refractivity contribution in [1.29, 1.82) is 0 Å². The van der Waals surface area contributed by atoms with Gasteiger partial charge >= 0.3 is 0 Å². The van der Waals surface area contributed by atoms with E-state index in [-0.39, 0.29) is 0 Å². The van der Waals surface area contributed by atoms with Gasteiger partial charge in [0.2, 0.25) is 0 Å². The van der Waals surface area contributed by atoms with E-state index in [0.29, 0.717) is 0 Å². The average molecular weight is 173 g/mol. The van der Waals surface area contributed by atoms with E-state index in [1.54, 1.807) is 0 Å². The molecule has 0 amide bonds. The van der Waals surface area contributed by atoms with Crippen LogP contribution in [-0.2, 0) is 14.1 Å². The van der Waals surface area contributed by atoms with Gasteiger partial charge in [-0.1, -0.05) is 18.2 Å². The Morgan fingerprint density at radius 2 is 1.85 bits per heavy atom. The van der Waals surface area contributed by atoms with E-state index in [0.717, 1.165) is 0 Å². The van der Waals surface area contributed by atoms with Crippen molar-refractivity contribution >= 4 is 0 Å². The van der Waals surface area contributed by atoms with Crippen molar-refractivity contribution in [2.75, 3.05) is 0 Å². The largest absolute Gasteiger partial charge is 0.288 e. The maximum absolute atomic E-state index is 2.12. The van der Waals surface area contributed by atoms with Crippen LogP contribution in [0.15, 0.2) is 42.7 Å². The lowest BCUT2D eigenvalue weighted by Crippen LogP contribution is -2.28. The predicted octanol–water partition coefficient (Wildman–Crippen LogP) is 1.52. The maximum atomic E-state index is 2.12. The minimum atomic E-state index is 1.22. The highest BCUT2D eigenvalue weighted by molar-refractivity contribution is 5.51. The Kier molecular flexibility index (Phi) is 1.89. The van der Waals surface area contributed by atoms with Gasteiger partial charge in [0, 0.05) is 0 Å². The Balaban J connectivity index is 2.59. The van der Waals surface area contributed by atoms with Gasteiger partial charge in [-0.05, 0) is 12.1 Å². The van der Waals surface area contributed by atoms with Crippen LogP contribution in [0.4, 0.5) is 0 Å². The van der Waals surface area contributed by atoms with Crippen LogP contribution >= 0.6 is 0 Å². The van der Waals surface area contributed by atoms with Crippen LogP contribution in [0.5, 0.6) is 0 Å². The number of aryl methyl sites for hydroxylation is 2. The molecule has 0 aliphatic carbocycles. The highest BCUT2D eigenvalue weighted by Crippen LogP contribution is 2.13. The molecule has 0 saturated carbocycles. The van der Waals surface area contributed by atoms with Gasteiger partial charge in [-0.25, -0.2) is 9.13 Å². The number of rotatable bonds is 1. The molecule has 66 valence electrons. The molecule has 2 rings (SSSR count). The molecular weight excluding hydrogens is 160 g/mol. The van der Waals surface area contributed by atoms with Gasteiger partial charge in [-0.3, -0.25) is 0 Å². The van der Waals surface area contributed by atoms with Gasteiger partial charge in [0.25, 0.3) is 5.82 Å². The highest BCUT2D eigenvalue weighted by Gasteiger charge is 2.12. The van der Waals surface area contributed by atoms with Crippen LogP contribution in [0, 0.1) is 0 Å². The molecule has 1 aromatic heterocycles. The molecule has 2 aromatic rings. The number of imidazole rings is 1. The van der Waals surface area contributed by atoms with E-state index in [4.69, 9.17) is 0 Å². The summed E-state index contributed by atoms with van der Waals surface area (Å²) in [4.78, 5) is 0. The predicted molar refractivity (Wildman–Crippen MR) is 52.0 cm³/mol. The van der Waals surface area contributed by atoms with Crippen LogP contribution in [-0.4, -0.2) is 4.57 Å². The number of hydrogen-bond donors (Lipinski definition) is 0. The van der Waals surface area contributed by atoms with Crippen molar-refractivity contribution in [1.82, 2.24) is 4.57 Å². The lowest BCUT2D eigenvalue weighted by molar-refractivity contribution is -0.659. The van der Waals surface area contributed by atoms with Crippen molar-refractivity contribution in [2.24, 2.45) is 14.1 Å². The zero-order chi connectivity index (χ0) is 9.26. The molecule has 0 fully saturated rings. The average Bonchev–Trinajstić information content (AvgIpc) is 2.48. The Labute approximate surface area is 78.1 Å². The lowest BCUT2D eigenvalue weighted by atomic mass is 10.2. The van der Waals surface area contributed by atoms with Crippen LogP contribution in [0.3, 0.4) is 0 Å². The third-order valence-corrected chi connectivity index (χ3v) is 2.21. The van der Waals surface area contributed by atoms with Crippen molar-refractivity contribution in [2.45, 2.75) is 0 Å². The fourth-order valence-corrected chi connectivity index (χ4v) is 1.58. The van der Waals surface area contributed by atoms with Gasteiger partial charge in [0.05, 0.1) is 19.7 Å². The minimum Gasteiger partial charge on any atom is -0.233 e. The topological polar surface area (TPSA) is 8.81 Å². The van der Waals surface area contributed by atoms with Gasteiger partial charge < -0.3 is 0 Å². The summed E-state index contributed by atoms with van der Waals surface area (Å²) in [5.74, 6) is 1.22. The Morgan fingerprint density at radius 1 is 1.15 bits per heavy atom. The summed E-state index contributed by atoms with van der Waals surface area (Å²) >= 11 is 0. The zero-order valence-electron chi connectivity index (χ0n) is 7.94. The molecule has 0 aliphatic heterocycles. The summed E-state index contributed by atoms with van der Waals surface area (Å²) in [5.41, 5.74) is 1.25. The highest BCUT2D eigenvalue weighted by atomic mass is 15.1. The number of hydrogen-bond acceptors (Lipinski definition) is 0. The second-order valence-corrected chi connectivity index (χ2v) is 3.21. The Hall–Kier alpha value is -1.57. The molecule has 0 unspecified atom stereocenters. The standard InChI is InChI=1S/C11H13N2/c1-12-8-9-13(2)11(12)10-6-4-3-5-7-10/h3-9H,1-2H3/q+1. The molecule has 13 heavy (non-hydrogen) atoms. The van der Waals surface area contributed by atoms with Crippen LogP contribution < -0.4 is 4.57 Å². The van der Waals surface area contributed by atoms with Crippen LogP contribution in [0.25, 0.3) is 11.4 Å². The monoisotopic (exact) mass is 173 g/mol. The summed E-state index contributed by atoms with van der Waals surface area (Å²) in [5, 5.41) is 0. The molecular formula is C11H13N2+. The zero-order valence-corrected chi connectivity index (χ0v) is 7.94. The molecule has 0 saturated heterocycles. The van der Waals surface area contributed by atoms with E-state index in [2.05, 4.69) is 59.9 Å². The third-order valence-electron chi connectivity index (χ3n) is 2.21. The van der Waals surface area contributed by atoms with E-state index in [1.807, 2.05) is 6.07 Å². The molecule has 0 bridgehead atoms. The first-order valence-corrected chi connectivity index (χ1v) is 4.35. The fourth-order valence-electron chi connectivity index (χ4n) is 1.58. The van der Waals surface area contributed by atoms with E-state index >= 15 is 0 Å². The summed E-state index contributed by atoms with van der Waals surface area (Å²) in [7, 11) is 4.12. The molecule has 2 nitrogen and oxygen atoms in total. The normalized spacial score (nSPS) is 10.3. The van der Waals surface area contributed by atoms with E-state index < -0.39 is 0 Å². The second kappa shape index (κ2) is 3.05. The van der Waals surface area contributed by atoms with Crippen LogP contribution in [0.2, 0.25) is 0 Å². The van der Waals surface area contributed by atoms with E-state index in [9.17, 15) is 0 Å². The molecule has 0 spiro atoms. The molecule has 0 N–H and O–H groups in total. The first-order valence-electron chi connectivity index (χ1n) is 4.35. The van der Waals surface area contributed by atoms with Gasteiger partial charge in [0.15, 0.2) is 0 Å². The van der Waals surface area contributed by atoms with Crippen molar-refractivity contribution in [3.8, 4) is 11.4 Å². The van der Waals surface area contributed by atoms with Gasteiger partial charge in [0.1, 0.15) is 12.4 Å². The summed E-state index contributed by atoms with van der Waals surface area (Å²) < 4.78 is 4.24. The molecule has 0 radical (unpaired) electrons. The Bertz CT molecular complexity index is 382. The van der Waals surface area contributed by atoms with Gasteiger partial charge in [-0.2, -0.15) is 0 Å². The first-order chi connectivity index (χ1) is 6.29. The summed E-state index contributed by atoms with van der Waals surface area (Å²) in [6, 6.07) is 10.4. The fraction of sp³-hybridized carbons (Fsp3) is 0.182. The number of nitrogens with zero attached hydrogens (tertiary/aromatic N) is 2. The maximum Gasteiger partial charge on any atom is 0.288 e. The van der Waals surface area contributed by atoms with Gasteiger partial charge in [-0.15, -0.1) is 0 Å². The first kappa shape index (κ1) is 8.05. The molecule has 2 heteroatoms.